The number of hydrogen-bond donors (Lipinski definition) is 1. The number of carbonyl (C=O) groups is 2. The summed E-state index contributed by atoms with van der Waals surface area (Å²) in [5.41, 5.74) is 0. The summed E-state index contributed by atoms with van der Waals surface area (Å²) in [6, 6.07) is 0. The van der Waals surface area contributed by atoms with Crippen molar-refractivity contribution in [1.29, 1.82) is 0 Å². The minimum Gasteiger partial charge on any atom is -0.462 e. The molecule has 52 heavy (non-hydrogen) atoms. The molecule has 0 fully saturated rings. The van der Waals surface area contributed by atoms with Crippen molar-refractivity contribution >= 4 is 11.9 Å². The van der Waals surface area contributed by atoms with Gasteiger partial charge in [-0.1, -0.05) is 170 Å². The van der Waals surface area contributed by atoms with E-state index in [2.05, 4.69) is 86.8 Å². The lowest BCUT2D eigenvalue weighted by Crippen LogP contribution is -2.28. The van der Waals surface area contributed by atoms with E-state index < -0.39 is 6.10 Å². The summed E-state index contributed by atoms with van der Waals surface area (Å²) in [5, 5.41) is 9.58. The zero-order valence-electron chi connectivity index (χ0n) is 33.8. The molecule has 1 N–H and O–H groups in total. The van der Waals surface area contributed by atoms with Gasteiger partial charge in [0.15, 0.2) is 6.10 Å². The molecule has 1 unspecified atom stereocenters. The smallest absolute Gasteiger partial charge is 0.306 e. The molecule has 5 heteroatoms. The average molecular weight is 725 g/mol. The molecule has 0 aliphatic heterocycles. The normalized spacial score (nSPS) is 12.9. The number of esters is 2. The first-order valence-corrected chi connectivity index (χ1v) is 21.5. The Morgan fingerprint density at radius 3 is 1.25 bits per heavy atom. The lowest BCUT2D eigenvalue weighted by molar-refractivity contribution is -0.161. The van der Waals surface area contributed by atoms with E-state index in [9.17, 15) is 14.7 Å². The second kappa shape index (κ2) is 42.8. The fourth-order valence-corrected chi connectivity index (χ4v) is 5.75. The highest BCUT2D eigenvalue weighted by Gasteiger charge is 2.16. The zero-order chi connectivity index (χ0) is 37.8. The SMILES string of the molecule is CC/C=C\C/C=C\C/C=C\C/C=C\CCCCCCCCCCC(=O)OC(CO)COC(=O)CCCCCCCCC/C=C\C/C=C\CCCCC. The highest BCUT2D eigenvalue weighted by atomic mass is 16.6. The van der Waals surface area contributed by atoms with Gasteiger partial charge in [-0.25, -0.2) is 0 Å². The molecule has 0 bridgehead atoms. The van der Waals surface area contributed by atoms with Gasteiger partial charge < -0.3 is 14.6 Å². The van der Waals surface area contributed by atoms with E-state index in [4.69, 9.17) is 9.47 Å². The third kappa shape index (κ3) is 40.1. The van der Waals surface area contributed by atoms with Gasteiger partial charge in [0.05, 0.1) is 6.61 Å². The van der Waals surface area contributed by atoms with Gasteiger partial charge in [-0.3, -0.25) is 9.59 Å². The standard InChI is InChI=1S/C47H80O5/c1-3-5-7-9-11-13-15-17-19-21-22-23-24-26-28-30-32-34-36-38-40-42-47(50)52-45(43-48)44-51-46(49)41-39-37-35-33-31-29-27-25-20-18-16-14-12-10-8-6-4-2/h5,7,11-14,17-20,22-23,45,48H,3-4,6,8-10,15-16,21,24-44H2,1-2H3/b7-5-,13-11-,14-12-,19-17-,20-18-,23-22-. The van der Waals surface area contributed by atoms with Crippen molar-refractivity contribution in [3.8, 4) is 0 Å². The van der Waals surface area contributed by atoms with E-state index in [0.717, 1.165) is 83.5 Å². The Morgan fingerprint density at radius 2 is 0.827 bits per heavy atom. The first-order chi connectivity index (χ1) is 25.6. The Hall–Kier alpha value is -2.66. The van der Waals surface area contributed by atoms with Crippen LogP contribution in [0.15, 0.2) is 72.9 Å². The molecule has 0 rings (SSSR count). The van der Waals surface area contributed by atoms with Gasteiger partial charge in [-0.15, -0.1) is 0 Å². The lowest BCUT2D eigenvalue weighted by Gasteiger charge is -2.15. The van der Waals surface area contributed by atoms with E-state index in [0.29, 0.717) is 12.8 Å². The summed E-state index contributed by atoms with van der Waals surface area (Å²) in [7, 11) is 0. The van der Waals surface area contributed by atoms with Crippen LogP contribution in [0.2, 0.25) is 0 Å². The minimum atomic E-state index is -0.782. The van der Waals surface area contributed by atoms with Gasteiger partial charge in [-0.05, 0) is 83.5 Å². The maximum atomic E-state index is 12.2. The third-order valence-corrected chi connectivity index (χ3v) is 8.98. The molecule has 1 atom stereocenters. The molecule has 0 saturated heterocycles. The topological polar surface area (TPSA) is 72.8 Å². The summed E-state index contributed by atoms with van der Waals surface area (Å²) in [6.07, 6.45) is 56.8. The monoisotopic (exact) mass is 725 g/mol. The van der Waals surface area contributed by atoms with Crippen LogP contribution in [0.5, 0.6) is 0 Å². The number of rotatable bonds is 38. The van der Waals surface area contributed by atoms with Crippen LogP contribution in [0.4, 0.5) is 0 Å². The second-order valence-corrected chi connectivity index (χ2v) is 14.0. The number of hydrogen-bond acceptors (Lipinski definition) is 5. The number of allylic oxidation sites excluding steroid dienone is 12. The average Bonchev–Trinajstić information content (AvgIpc) is 3.15. The van der Waals surface area contributed by atoms with Crippen molar-refractivity contribution in [3.63, 3.8) is 0 Å². The van der Waals surface area contributed by atoms with Gasteiger partial charge in [0.1, 0.15) is 6.61 Å². The molecule has 0 spiro atoms. The van der Waals surface area contributed by atoms with Crippen LogP contribution in [0.25, 0.3) is 0 Å². The Balaban J connectivity index is 3.59. The van der Waals surface area contributed by atoms with Crippen LogP contribution in [0.3, 0.4) is 0 Å². The molecule has 5 nitrogen and oxygen atoms in total. The lowest BCUT2D eigenvalue weighted by atomic mass is 10.1. The molecule has 0 aliphatic carbocycles. The fourth-order valence-electron chi connectivity index (χ4n) is 5.75. The Bertz CT molecular complexity index is 957. The van der Waals surface area contributed by atoms with Crippen molar-refractivity contribution in [3.05, 3.63) is 72.9 Å². The van der Waals surface area contributed by atoms with Crippen molar-refractivity contribution < 1.29 is 24.2 Å². The maximum absolute atomic E-state index is 12.2. The Labute approximate surface area is 321 Å². The third-order valence-electron chi connectivity index (χ3n) is 8.98. The molecule has 0 heterocycles. The molecular formula is C47H80O5. The number of aliphatic hydroxyl groups excluding tert-OH is 1. The van der Waals surface area contributed by atoms with Gasteiger partial charge in [0.2, 0.25) is 0 Å². The Kier molecular flexibility index (Phi) is 40.6. The number of aliphatic hydroxyl groups is 1. The molecule has 0 saturated carbocycles. The zero-order valence-corrected chi connectivity index (χ0v) is 33.8. The van der Waals surface area contributed by atoms with Crippen molar-refractivity contribution in [1.82, 2.24) is 0 Å². The molecular weight excluding hydrogens is 645 g/mol. The molecule has 0 aromatic rings. The van der Waals surface area contributed by atoms with Crippen LogP contribution in [-0.2, 0) is 19.1 Å². The second-order valence-electron chi connectivity index (χ2n) is 14.0. The van der Waals surface area contributed by atoms with Gasteiger partial charge >= 0.3 is 11.9 Å². The summed E-state index contributed by atoms with van der Waals surface area (Å²) >= 11 is 0. The van der Waals surface area contributed by atoms with Gasteiger partial charge in [-0.2, -0.15) is 0 Å². The van der Waals surface area contributed by atoms with E-state index >= 15 is 0 Å². The molecule has 0 radical (unpaired) electrons. The largest absolute Gasteiger partial charge is 0.462 e. The number of carbonyl (C=O) groups excluding carboxylic acids is 2. The highest BCUT2D eigenvalue weighted by Crippen LogP contribution is 2.13. The van der Waals surface area contributed by atoms with Crippen LogP contribution >= 0.6 is 0 Å². The van der Waals surface area contributed by atoms with E-state index in [1.165, 1.54) is 83.5 Å². The predicted octanol–water partition coefficient (Wildman–Crippen LogP) is 13.7. The van der Waals surface area contributed by atoms with Crippen LogP contribution in [0, 0.1) is 0 Å². The molecule has 0 aromatic carbocycles. The van der Waals surface area contributed by atoms with Gasteiger partial charge in [0, 0.05) is 12.8 Å². The van der Waals surface area contributed by atoms with Crippen LogP contribution in [-0.4, -0.2) is 36.4 Å². The van der Waals surface area contributed by atoms with Crippen molar-refractivity contribution in [2.45, 2.75) is 200 Å². The molecule has 298 valence electrons. The summed E-state index contributed by atoms with van der Waals surface area (Å²) in [5.74, 6) is -0.612. The molecule has 0 amide bonds. The summed E-state index contributed by atoms with van der Waals surface area (Å²) in [6.45, 7) is 3.98. The van der Waals surface area contributed by atoms with Crippen molar-refractivity contribution in [2.75, 3.05) is 13.2 Å². The van der Waals surface area contributed by atoms with Crippen LogP contribution in [0.1, 0.15) is 194 Å². The number of ether oxygens (including phenoxy) is 2. The van der Waals surface area contributed by atoms with Crippen molar-refractivity contribution in [2.24, 2.45) is 0 Å². The van der Waals surface area contributed by atoms with Gasteiger partial charge in [0.25, 0.3) is 0 Å². The van der Waals surface area contributed by atoms with E-state index in [1.807, 2.05) is 0 Å². The summed E-state index contributed by atoms with van der Waals surface area (Å²) in [4.78, 5) is 24.3. The highest BCUT2D eigenvalue weighted by molar-refractivity contribution is 5.70. The number of unbranched alkanes of at least 4 members (excludes halogenated alkanes) is 18. The first-order valence-electron chi connectivity index (χ1n) is 21.5. The predicted molar refractivity (Wildman–Crippen MR) is 223 cm³/mol. The quantitative estimate of drug-likeness (QED) is 0.0390. The minimum absolute atomic E-state index is 0.0763. The molecule has 0 aromatic heterocycles. The van der Waals surface area contributed by atoms with Crippen LogP contribution < -0.4 is 0 Å². The van der Waals surface area contributed by atoms with E-state index in [1.54, 1.807) is 0 Å². The maximum Gasteiger partial charge on any atom is 0.306 e. The van der Waals surface area contributed by atoms with E-state index in [-0.39, 0.29) is 25.2 Å². The Morgan fingerprint density at radius 1 is 0.462 bits per heavy atom. The fraction of sp³-hybridized carbons (Fsp3) is 0.702. The first kappa shape index (κ1) is 49.3. The molecule has 0 aliphatic rings. The summed E-state index contributed by atoms with van der Waals surface area (Å²) < 4.78 is 10.6.